The van der Waals surface area contributed by atoms with Crippen LogP contribution < -0.4 is 0 Å². The highest BCUT2D eigenvalue weighted by molar-refractivity contribution is 5.98. The zero-order valence-electron chi connectivity index (χ0n) is 8.80. The number of amides is 1. The van der Waals surface area contributed by atoms with Gasteiger partial charge in [-0.3, -0.25) is 9.59 Å². The van der Waals surface area contributed by atoms with Crippen molar-refractivity contribution >= 4 is 11.9 Å². The Kier molecular flexibility index (Phi) is 2.90. The molecule has 0 aliphatic carbocycles. The zero-order valence-corrected chi connectivity index (χ0v) is 8.80. The van der Waals surface area contributed by atoms with E-state index >= 15 is 0 Å². The molecule has 1 atom stereocenters. The van der Waals surface area contributed by atoms with Gasteiger partial charge in [-0.1, -0.05) is 30.3 Å². The van der Waals surface area contributed by atoms with Crippen LogP contribution in [-0.2, 0) is 16.1 Å². The van der Waals surface area contributed by atoms with Gasteiger partial charge in [-0.25, -0.2) is 0 Å². The Hall–Kier alpha value is -1.84. The molecule has 0 spiro atoms. The predicted molar refractivity (Wildman–Crippen MR) is 57.6 cm³/mol. The number of hydrogen-bond acceptors (Lipinski definition) is 2. The van der Waals surface area contributed by atoms with E-state index in [0.717, 1.165) is 5.56 Å². The average Bonchev–Trinajstić information content (AvgIpc) is 2.62. The quantitative estimate of drug-likeness (QED) is 0.775. The van der Waals surface area contributed by atoms with Crippen molar-refractivity contribution in [1.29, 1.82) is 0 Å². The fraction of sp³-hybridized carbons (Fsp3) is 0.333. The van der Waals surface area contributed by atoms with Gasteiger partial charge in [-0.2, -0.15) is 0 Å². The van der Waals surface area contributed by atoms with E-state index in [9.17, 15) is 9.59 Å². The third-order valence-electron chi connectivity index (χ3n) is 2.81. The van der Waals surface area contributed by atoms with Gasteiger partial charge in [0.15, 0.2) is 0 Å². The Balaban J connectivity index is 2.03. The highest BCUT2D eigenvalue weighted by Gasteiger charge is 2.36. The molecule has 0 saturated carbocycles. The number of carboxylic acids is 1. The van der Waals surface area contributed by atoms with Crippen molar-refractivity contribution in [3.63, 3.8) is 0 Å². The van der Waals surface area contributed by atoms with Gasteiger partial charge in [0.2, 0.25) is 5.91 Å². The summed E-state index contributed by atoms with van der Waals surface area (Å²) in [7, 11) is 0. The smallest absolute Gasteiger partial charge is 0.316 e. The van der Waals surface area contributed by atoms with Gasteiger partial charge in [-0.05, 0) is 12.0 Å². The number of carboxylic acid groups (broad SMARTS) is 1. The van der Waals surface area contributed by atoms with Crippen LogP contribution in [0.4, 0.5) is 0 Å². The average molecular weight is 219 g/mol. The van der Waals surface area contributed by atoms with Crippen LogP contribution in [0.2, 0.25) is 0 Å². The number of nitrogens with zero attached hydrogens (tertiary/aromatic N) is 1. The Morgan fingerprint density at radius 3 is 2.62 bits per heavy atom. The molecule has 1 heterocycles. The van der Waals surface area contributed by atoms with Crippen molar-refractivity contribution < 1.29 is 14.7 Å². The van der Waals surface area contributed by atoms with E-state index in [2.05, 4.69) is 0 Å². The lowest BCUT2D eigenvalue weighted by Gasteiger charge is -2.15. The van der Waals surface area contributed by atoms with Crippen molar-refractivity contribution in [2.24, 2.45) is 5.92 Å². The normalized spacial score (nSPS) is 20.1. The lowest BCUT2D eigenvalue weighted by molar-refractivity contribution is -0.147. The molecule has 1 amide bonds. The lowest BCUT2D eigenvalue weighted by atomic mass is 10.1. The number of rotatable bonds is 3. The van der Waals surface area contributed by atoms with Crippen molar-refractivity contribution in [3.05, 3.63) is 35.9 Å². The minimum absolute atomic E-state index is 0.267. The van der Waals surface area contributed by atoms with Crippen LogP contribution in [0, 0.1) is 5.92 Å². The van der Waals surface area contributed by atoms with E-state index < -0.39 is 11.9 Å². The molecule has 1 saturated heterocycles. The number of aliphatic carboxylic acids is 1. The summed E-state index contributed by atoms with van der Waals surface area (Å²) in [4.78, 5) is 24.1. The molecule has 1 aliphatic heterocycles. The molecule has 1 fully saturated rings. The molecule has 2 rings (SSSR count). The lowest BCUT2D eigenvalue weighted by Crippen LogP contribution is -2.29. The van der Waals surface area contributed by atoms with Crippen molar-refractivity contribution in [2.45, 2.75) is 13.0 Å². The summed E-state index contributed by atoms with van der Waals surface area (Å²) in [5.74, 6) is -2.12. The first-order valence-corrected chi connectivity index (χ1v) is 5.24. The van der Waals surface area contributed by atoms with Crippen LogP contribution in [0.15, 0.2) is 30.3 Å². The van der Waals surface area contributed by atoms with E-state index in [1.54, 1.807) is 4.90 Å². The second-order valence-corrected chi connectivity index (χ2v) is 3.92. The molecule has 0 bridgehead atoms. The monoisotopic (exact) mass is 219 g/mol. The first-order chi connectivity index (χ1) is 7.68. The third kappa shape index (κ3) is 2.05. The Morgan fingerprint density at radius 2 is 2.06 bits per heavy atom. The van der Waals surface area contributed by atoms with Crippen LogP contribution in [0.25, 0.3) is 0 Å². The summed E-state index contributed by atoms with van der Waals surface area (Å²) in [6, 6.07) is 9.59. The molecule has 1 N–H and O–H groups in total. The molecule has 4 nitrogen and oxygen atoms in total. The van der Waals surface area contributed by atoms with Crippen molar-refractivity contribution in [1.82, 2.24) is 4.90 Å². The first-order valence-electron chi connectivity index (χ1n) is 5.24. The highest BCUT2D eigenvalue weighted by Crippen LogP contribution is 2.20. The van der Waals surface area contributed by atoms with Gasteiger partial charge < -0.3 is 10.0 Å². The highest BCUT2D eigenvalue weighted by atomic mass is 16.4. The van der Waals surface area contributed by atoms with Gasteiger partial charge >= 0.3 is 5.97 Å². The Morgan fingerprint density at radius 1 is 1.38 bits per heavy atom. The number of carbonyl (C=O) groups excluding carboxylic acids is 1. The van der Waals surface area contributed by atoms with Gasteiger partial charge in [0.1, 0.15) is 5.92 Å². The zero-order chi connectivity index (χ0) is 11.5. The van der Waals surface area contributed by atoms with Gasteiger partial charge in [0.05, 0.1) is 0 Å². The maximum Gasteiger partial charge on any atom is 0.316 e. The molecule has 16 heavy (non-hydrogen) atoms. The molecular formula is C12H13NO3. The Labute approximate surface area is 93.5 Å². The summed E-state index contributed by atoms with van der Waals surface area (Å²) < 4.78 is 0. The number of carbonyl (C=O) groups is 2. The fourth-order valence-corrected chi connectivity index (χ4v) is 1.93. The van der Waals surface area contributed by atoms with E-state index in [-0.39, 0.29) is 5.91 Å². The van der Waals surface area contributed by atoms with Crippen LogP contribution in [-0.4, -0.2) is 28.4 Å². The maximum atomic E-state index is 11.7. The second-order valence-electron chi connectivity index (χ2n) is 3.92. The molecule has 1 aromatic carbocycles. The van der Waals surface area contributed by atoms with Crippen molar-refractivity contribution in [3.8, 4) is 0 Å². The third-order valence-corrected chi connectivity index (χ3v) is 2.81. The van der Waals surface area contributed by atoms with E-state index in [4.69, 9.17) is 5.11 Å². The molecule has 4 heteroatoms. The molecule has 1 aromatic rings. The summed E-state index contributed by atoms with van der Waals surface area (Å²) in [5.41, 5.74) is 1.03. The largest absolute Gasteiger partial charge is 0.481 e. The van der Waals surface area contributed by atoms with Crippen molar-refractivity contribution in [2.75, 3.05) is 6.54 Å². The second kappa shape index (κ2) is 4.35. The molecule has 0 radical (unpaired) electrons. The first kappa shape index (κ1) is 10.7. The standard InChI is InChI=1S/C12H13NO3/c14-11-10(12(15)16)6-7-13(11)8-9-4-2-1-3-5-9/h1-5,10H,6-8H2,(H,15,16)/t10-/m1/s1. The summed E-state index contributed by atoms with van der Waals surface area (Å²) >= 11 is 0. The summed E-state index contributed by atoms with van der Waals surface area (Å²) in [6.07, 6.45) is 0.418. The van der Waals surface area contributed by atoms with Gasteiger partial charge in [0, 0.05) is 13.1 Å². The van der Waals surface area contributed by atoms with Crippen LogP contribution >= 0.6 is 0 Å². The minimum atomic E-state index is -1.01. The van der Waals surface area contributed by atoms with E-state index in [1.807, 2.05) is 30.3 Å². The number of likely N-dealkylation sites (tertiary alicyclic amines) is 1. The van der Waals surface area contributed by atoms with Gasteiger partial charge in [-0.15, -0.1) is 0 Å². The topological polar surface area (TPSA) is 57.6 Å². The van der Waals surface area contributed by atoms with E-state index in [0.29, 0.717) is 19.5 Å². The fourth-order valence-electron chi connectivity index (χ4n) is 1.93. The maximum absolute atomic E-state index is 11.7. The number of hydrogen-bond donors (Lipinski definition) is 1. The molecule has 0 unspecified atom stereocenters. The molecule has 0 aromatic heterocycles. The predicted octanol–water partition coefficient (Wildman–Crippen LogP) is 1.12. The molecular weight excluding hydrogens is 206 g/mol. The minimum Gasteiger partial charge on any atom is -0.481 e. The van der Waals surface area contributed by atoms with E-state index in [1.165, 1.54) is 0 Å². The summed E-state index contributed by atoms with van der Waals surface area (Å²) in [6.45, 7) is 1.04. The summed E-state index contributed by atoms with van der Waals surface area (Å²) in [5, 5.41) is 8.82. The van der Waals surface area contributed by atoms with Crippen LogP contribution in [0.5, 0.6) is 0 Å². The molecule has 1 aliphatic rings. The van der Waals surface area contributed by atoms with Crippen LogP contribution in [0.3, 0.4) is 0 Å². The number of benzene rings is 1. The Bertz CT molecular complexity index is 402. The SMILES string of the molecule is O=C(O)[C@@H]1CCN(Cc2ccccc2)C1=O. The molecule has 84 valence electrons. The van der Waals surface area contributed by atoms with Gasteiger partial charge in [0.25, 0.3) is 0 Å². The van der Waals surface area contributed by atoms with Crippen LogP contribution in [0.1, 0.15) is 12.0 Å².